The van der Waals surface area contributed by atoms with Gasteiger partial charge < -0.3 is 14.8 Å². The molecule has 1 aromatic rings. The van der Waals surface area contributed by atoms with Crippen LogP contribution in [0.4, 0.5) is 11.4 Å². The Bertz CT molecular complexity index is 423. The van der Waals surface area contributed by atoms with Gasteiger partial charge in [-0.3, -0.25) is 10.1 Å². The third-order valence-corrected chi connectivity index (χ3v) is 2.56. The maximum Gasteiger partial charge on any atom is 0.311 e. The standard InChI is InChI=1S/C13H20N2O4/c1-4-19-13-7-11(5-6-12(13)15(16)17)14-8-10(2)9-18-3/h5-7,10,14H,4,8-9H2,1-3H3. The first-order chi connectivity index (χ1) is 9.08. The second kappa shape index (κ2) is 7.58. The SMILES string of the molecule is CCOc1cc(NCC(C)COC)ccc1[N+](=O)[O-]. The van der Waals surface area contributed by atoms with E-state index in [0.717, 1.165) is 12.2 Å². The first kappa shape index (κ1) is 15.2. The Morgan fingerprint density at radius 2 is 2.21 bits per heavy atom. The van der Waals surface area contributed by atoms with Gasteiger partial charge >= 0.3 is 5.69 Å². The van der Waals surface area contributed by atoms with Crippen LogP contribution in [0.2, 0.25) is 0 Å². The van der Waals surface area contributed by atoms with Crippen molar-refractivity contribution in [1.82, 2.24) is 0 Å². The molecule has 6 heteroatoms. The number of methoxy groups -OCH3 is 1. The molecular formula is C13H20N2O4. The first-order valence-electron chi connectivity index (χ1n) is 6.22. The number of nitro groups is 1. The molecule has 1 N–H and O–H groups in total. The second-order valence-corrected chi connectivity index (χ2v) is 4.31. The predicted octanol–water partition coefficient (Wildman–Crippen LogP) is 2.69. The molecule has 106 valence electrons. The molecule has 1 atom stereocenters. The Morgan fingerprint density at radius 1 is 1.47 bits per heavy atom. The largest absolute Gasteiger partial charge is 0.487 e. The van der Waals surface area contributed by atoms with E-state index in [1.54, 1.807) is 26.2 Å². The maximum absolute atomic E-state index is 10.8. The van der Waals surface area contributed by atoms with Gasteiger partial charge in [0.2, 0.25) is 0 Å². The number of nitrogens with zero attached hydrogens (tertiary/aromatic N) is 1. The molecule has 0 radical (unpaired) electrons. The van der Waals surface area contributed by atoms with E-state index in [4.69, 9.17) is 9.47 Å². The molecular weight excluding hydrogens is 248 g/mol. The lowest BCUT2D eigenvalue weighted by Gasteiger charge is -2.13. The lowest BCUT2D eigenvalue weighted by atomic mass is 10.2. The summed E-state index contributed by atoms with van der Waals surface area (Å²) in [5.41, 5.74) is 0.786. The summed E-state index contributed by atoms with van der Waals surface area (Å²) in [6, 6.07) is 4.79. The van der Waals surface area contributed by atoms with Crippen molar-refractivity contribution < 1.29 is 14.4 Å². The molecule has 0 amide bonds. The monoisotopic (exact) mass is 268 g/mol. The third kappa shape index (κ3) is 4.75. The Kier molecular flexibility index (Phi) is 6.08. The predicted molar refractivity (Wildman–Crippen MR) is 73.8 cm³/mol. The number of benzene rings is 1. The van der Waals surface area contributed by atoms with Crippen molar-refractivity contribution in [1.29, 1.82) is 0 Å². The fraction of sp³-hybridized carbons (Fsp3) is 0.538. The van der Waals surface area contributed by atoms with Crippen molar-refractivity contribution >= 4 is 11.4 Å². The summed E-state index contributed by atoms with van der Waals surface area (Å²) in [6.45, 7) is 5.65. The molecule has 19 heavy (non-hydrogen) atoms. The molecule has 0 aliphatic carbocycles. The Balaban J connectivity index is 2.75. The van der Waals surface area contributed by atoms with Crippen molar-refractivity contribution in [3.63, 3.8) is 0 Å². The highest BCUT2D eigenvalue weighted by Crippen LogP contribution is 2.30. The molecule has 0 aliphatic rings. The molecule has 0 fully saturated rings. The fourth-order valence-corrected chi connectivity index (χ4v) is 1.68. The van der Waals surface area contributed by atoms with Crippen molar-refractivity contribution in [2.24, 2.45) is 5.92 Å². The summed E-state index contributed by atoms with van der Waals surface area (Å²) < 4.78 is 10.3. The molecule has 1 rings (SSSR count). The van der Waals surface area contributed by atoms with Gasteiger partial charge in [0, 0.05) is 31.5 Å². The van der Waals surface area contributed by atoms with Gasteiger partial charge in [-0.15, -0.1) is 0 Å². The van der Waals surface area contributed by atoms with E-state index in [1.807, 2.05) is 0 Å². The number of hydrogen-bond acceptors (Lipinski definition) is 5. The van der Waals surface area contributed by atoms with Crippen LogP contribution in [0.3, 0.4) is 0 Å². The molecule has 0 aromatic heterocycles. The highest BCUT2D eigenvalue weighted by Gasteiger charge is 2.15. The molecule has 6 nitrogen and oxygen atoms in total. The number of nitrogens with one attached hydrogen (secondary N) is 1. The van der Waals surface area contributed by atoms with E-state index in [1.165, 1.54) is 6.07 Å². The fourth-order valence-electron chi connectivity index (χ4n) is 1.68. The van der Waals surface area contributed by atoms with Gasteiger partial charge in [0.15, 0.2) is 5.75 Å². The van der Waals surface area contributed by atoms with Crippen molar-refractivity contribution in [3.05, 3.63) is 28.3 Å². The third-order valence-electron chi connectivity index (χ3n) is 2.56. The lowest BCUT2D eigenvalue weighted by Crippen LogP contribution is -2.15. The van der Waals surface area contributed by atoms with Gasteiger partial charge in [-0.05, 0) is 18.9 Å². The van der Waals surface area contributed by atoms with Crippen molar-refractivity contribution in [2.45, 2.75) is 13.8 Å². The van der Waals surface area contributed by atoms with E-state index in [9.17, 15) is 10.1 Å². The summed E-state index contributed by atoms with van der Waals surface area (Å²) in [4.78, 5) is 10.4. The zero-order valence-corrected chi connectivity index (χ0v) is 11.5. The molecule has 0 bridgehead atoms. The molecule has 0 aliphatic heterocycles. The molecule has 0 saturated carbocycles. The Hall–Kier alpha value is -1.82. The molecule has 0 spiro atoms. The van der Waals surface area contributed by atoms with Crippen LogP contribution in [-0.2, 0) is 4.74 Å². The van der Waals surface area contributed by atoms with E-state index >= 15 is 0 Å². The maximum atomic E-state index is 10.8. The zero-order valence-electron chi connectivity index (χ0n) is 11.5. The Labute approximate surface area is 112 Å². The van der Waals surface area contributed by atoms with Gasteiger partial charge in [-0.1, -0.05) is 6.92 Å². The van der Waals surface area contributed by atoms with Crippen LogP contribution in [0.5, 0.6) is 5.75 Å². The normalized spacial score (nSPS) is 11.9. The second-order valence-electron chi connectivity index (χ2n) is 4.31. The van der Waals surface area contributed by atoms with Crippen LogP contribution in [-0.4, -0.2) is 31.8 Å². The van der Waals surface area contributed by atoms with Crippen molar-refractivity contribution in [3.8, 4) is 5.75 Å². The van der Waals surface area contributed by atoms with E-state index in [-0.39, 0.29) is 11.4 Å². The number of ether oxygens (including phenoxy) is 2. The van der Waals surface area contributed by atoms with E-state index in [0.29, 0.717) is 19.1 Å². The molecule has 0 saturated heterocycles. The van der Waals surface area contributed by atoms with Gasteiger partial charge in [-0.2, -0.15) is 0 Å². The first-order valence-corrected chi connectivity index (χ1v) is 6.22. The van der Waals surface area contributed by atoms with E-state index in [2.05, 4.69) is 12.2 Å². The highest BCUT2D eigenvalue weighted by atomic mass is 16.6. The minimum atomic E-state index is -0.442. The Morgan fingerprint density at radius 3 is 2.79 bits per heavy atom. The summed E-state index contributed by atoms with van der Waals surface area (Å²) >= 11 is 0. The number of anilines is 1. The van der Waals surface area contributed by atoms with Crippen LogP contribution in [0.25, 0.3) is 0 Å². The van der Waals surface area contributed by atoms with Crippen LogP contribution < -0.4 is 10.1 Å². The zero-order chi connectivity index (χ0) is 14.3. The molecule has 0 heterocycles. The van der Waals surface area contributed by atoms with Gasteiger partial charge in [0.25, 0.3) is 0 Å². The number of rotatable bonds is 8. The van der Waals surface area contributed by atoms with Crippen LogP contribution in [0.1, 0.15) is 13.8 Å². The number of hydrogen-bond donors (Lipinski definition) is 1. The molecule has 1 unspecified atom stereocenters. The van der Waals surface area contributed by atoms with Crippen LogP contribution >= 0.6 is 0 Å². The van der Waals surface area contributed by atoms with E-state index < -0.39 is 4.92 Å². The average Bonchev–Trinajstić information content (AvgIpc) is 2.37. The summed E-state index contributed by atoms with van der Waals surface area (Å²) in [5, 5.41) is 14.1. The van der Waals surface area contributed by atoms with Crippen LogP contribution in [0.15, 0.2) is 18.2 Å². The number of nitro benzene ring substituents is 1. The summed E-state index contributed by atoms with van der Waals surface area (Å²) in [5.74, 6) is 0.646. The highest BCUT2D eigenvalue weighted by molar-refractivity contribution is 5.58. The minimum Gasteiger partial charge on any atom is -0.487 e. The van der Waals surface area contributed by atoms with Gasteiger partial charge in [0.05, 0.1) is 18.1 Å². The van der Waals surface area contributed by atoms with Gasteiger partial charge in [0.1, 0.15) is 0 Å². The lowest BCUT2D eigenvalue weighted by molar-refractivity contribution is -0.385. The summed E-state index contributed by atoms with van der Waals surface area (Å²) in [7, 11) is 1.66. The smallest absolute Gasteiger partial charge is 0.311 e. The van der Waals surface area contributed by atoms with Gasteiger partial charge in [-0.25, -0.2) is 0 Å². The average molecular weight is 268 g/mol. The topological polar surface area (TPSA) is 73.6 Å². The van der Waals surface area contributed by atoms with Crippen LogP contribution in [0, 0.1) is 16.0 Å². The summed E-state index contributed by atoms with van der Waals surface area (Å²) in [6.07, 6.45) is 0. The van der Waals surface area contributed by atoms with Crippen molar-refractivity contribution in [2.75, 3.05) is 32.2 Å². The minimum absolute atomic E-state index is 0.0164. The quantitative estimate of drug-likeness (QED) is 0.579. The molecule has 1 aromatic carbocycles.